The van der Waals surface area contributed by atoms with E-state index in [1.807, 2.05) is 24.3 Å². The number of oxazole rings is 1. The number of nitrogens with one attached hydrogen (secondary N) is 1. The number of aromatic nitrogens is 1. The van der Waals surface area contributed by atoms with Gasteiger partial charge in [-0.25, -0.2) is 9.78 Å². The Hall–Kier alpha value is -3.32. The maximum Gasteiger partial charge on any atom is 0.334 e. The van der Waals surface area contributed by atoms with Crippen LogP contribution in [0.3, 0.4) is 0 Å². The minimum Gasteiger partial charge on any atom is -0.478 e. The molecule has 0 radical (unpaired) electrons. The molecule has 3 aromatic rings. The number of hydrogen-bond donors (Lipinski definition) is 2. The summed E-state index contributed by atoms with van der Waals surface area (Å²) in [5, 5.41) is 12.7. The fraction of sp³-hybridized carbons (Fsp3) is 0.0952. The first-order valence-corrected chi connectivity index (χ1v) is 9.55. The molecule has 6 nitrogen and oxygen atoms in total. The van der Waals surface area contributed by atoms with Crippen LogP contribution in [0.5, 0.6) is 0 Å². The number of carbonyl (C=O) groups is 2. The van der Waals surface area contributed by atoms with Gasteiger partial charge in [0.25, 0.3) is 5.89 Å². The lowest BCUT2D eigenvalue weighted by atomic mass is 9.92. The molecule has 1 unspecified atom stereocenters. The highest BCUT2D eigenvalue weighted by molar-refractivity contribution is 8.03. The molecule has 4 rings (SSSR count). The van der Waals surface area contributed by atoms with Crippen molar-refractivity contribution in [2.45, 2.75) is 5.92 Å². The fourth-order valence-electron chi connectivity index (χ4n) is 3.09. The van der Waals surface area contributed by atoms with E-state index in [0.29, 0.717) is 21.9 Å². The van der Waals surface area contributed by atoms with Crippen molar-refractivity contribution in [2.24, 2.45) is 0 Å². The van der Waals surface area contributed by atoms with E-state index < -0.39 is 11.9 Å². The minimum atomic E-state index is -1.06. The van der Waals surface area contributed by atoms with Gasteiger partial charge in [0.2, 0.25) is 0 Å². The van der Waals surface area contributed by atoms with Gasteiger partial charge in [0.1, 0.15) is 5.52 Å². The van der Waals surface area contributed by atoms with Crippen molar-refractivity contribution in [2.75, 3.05) is 5.75 Å². The Labute approximate surface area is 165 Å². The third kappa shape index (κ3) is 3.32. The van der Waals surface area contributed by atoms with Gasteiger partial charge in [-0.05, 0) is 23.3 Å². The number of aliphatic carboxylic acids is 1. The lowest BCUT2D eigenvalue weighted by Crippen LogP contribution is -2.23. The van der Waals surface area contributed by atoms with Gasteiger partial charge in [0, 0.05) is 11.7 Å². The Morgan fingerprint density at radius 1 is 1.21 bits per heavy atom. The molecule has 0 saturated carbocycles. The van der Waals surface area contributed by atoms with E-state index in [9.17, 15) is 14.7 Å². The summed E-state index contributed by atoms with van der Waals surface area (Å²) in [7, 11) is 0. The van der Waals surface area contributed by atoms with Crippen molar-refractivity contribution in [3.63, 3.8) is 0 Å². The molecule has 0 spiro atoms. The number of hydrogen-bond acceptors (Lipinski definition) is 5. The van der Waals surface area contributed by atoms with Crippen LogP contribution >= 0.6 is 11.8 Å². The second-order valence-corrected chi connectivity index (χ2v) is 7.25. The molecule has 0 saturated heterocycles. The SMILES string of the molecule is C=Cc1ccc(C2CSC(NC(=O)c3nc4ccccc4o3)=C2C(=O)O)cc1. The highest BCUT2D eigenvalue weighted by atomic mass is 32.2. The summed E-state index contributed by atoms with van der Waals surface area (Å²) < 4.78 is 5.46. The Morgan fingerprint density at radius 3 is 2.64 bits per heavy atom. The van der Waals surface area contributed by atoms with Crippen molar-refractivity contribution >= 4 is 40.8 Å². The van der Waals surface area contributed by atoms with Gasteiger partial charge in [-0.2, -0.15) is 0 Å². The fourth-order valence-corrected chi connectivity index (χ4v) is 4.33. The molecular formula is C21H16N2O4S. The van der Waals surface area contributed by atoms with Gasteiger partial charge < -0.3 is 14.8 Å². The van der Waals surface area contributed by atoms with E-state index in [2.05, 4.69) is 16.9 Å². The summed E-state index contributed by atoms with van der Waals surface area (Å²) >= 11 is 1.30. The molecule has 7 heteroatoms. The van der Waals surface area contributed by atoms with Gasteiger partial charge in [-0.3, -0.25) is 4.79 Å². The van der Waals surface area contributed by atoms with E-state index in [4.69, 9.17) is 4.42 Å². The average molecular weight is 392 g/mol. The number of fused-ring (bicyclic) bond motifs is 1. The maximum absolute atomic E-state index is 12.5. The summed E-state index contributed by atoms with van der Waals surface area (Å²) in [6.45, 7) is 3.72. The highest BCUT2D eigenvalue weighted by Gasteiger charge is 2.34. The molecule has 0 fully saturated rings. The van der Waals surface area contributed by atoms with Gasteiger partial charge >= 0.3 is 11.9 Å². The summed E-state index contributed by atoms with van der Waals surface area (Å²) in [6.07, 6.45) is 1.73. The lowest BCUT2D eigenvalue weighted by molar-refractivity contribution is -0.132. The van der Waals surface area contributed by atoms with Crippen LogP contribution in [0.15, 0.2) is 70.1 Å². The number of nitrogens with zero attached hydrogens (tertiary/aromatic N) is 1. The second kappa shape index (κ2) is 7.36. The Morgan fingerprint density at radius 2 is 1.96 bits per heavy atom. The molecule has 28 heavy (non-hydrogen) atoms. The van der Waals surface area contributed by atoms with Crippen LogP contribution in [0.4, 0.5) is 0 Å². The van der Waals surface area contributed by atoms with Gasteiger partial charge in [0.15, 0.2) is 5.58 Å². The monoisotopic (exact) mass is 392 g/mol. The van der Waals surface area contributed by atoms with Crippen molar-refractivity contribution < 1.29 is 19.1 Å². The molecular weight excluding hydrogens is 376 g/mol. The van der Waals surface area contributed by atoms with Gasteiger partial charge in [-0.1, -0.05) is 49.1 Å². The second-order valence-electron chi connectivity index (χ2n) is 6.22. The summed E-state index contributed by atoms with van der Waals surface area (Å²) in [5.41, 5.74) is 3.07. The molecule has 2 N–H and O–H groups in total. The molecule has 2 heterocycles. The number of carboxylic acids is 1. The lowest BCUT2D eigenvalue weighted by Gasteiger charge is -2.12. The minimum absolute atomic E-state index is 0.0992. The van der Waals surface area contributed by atoms with Gasteiger partial charge in [-0.15, -0.1) is 11.8 Å². The zero-order valence-electron chi connectivity index (χ0n) is 14.7. The highest BCUT2D eigenvalue weighted by Crippen LogP contribution is 2.41. The Bertz CT molecular complexity index is 1080. The first kappa shape index (κ1) is 18.1. The standard InChI is InChI=1S/C21H16N2O4S/c1-2-12-7-9-13(10-8-12)14-11-28-20(17(14)21(25)26)23-18(24)19-22-15-5-3-4-6-16(15)27-19/h2-10,14H,1,11H2,(H,23,24)(H,25,26). The smallest absolute Gasteiger partial charge is 0.334 e. The first-order valence-electron chi connectivity index (χ1n) is 8.56. The van der Waals surface area contributed by atoms with E-state index in [1.54, 1.807) is 30.3 Å². The van der Waals surface area contributed by atoms with Crippen molar-refractivity contribution in [3.05, 3.63) is 82.7 Å². The zero-order chi connectivity index (χ0) is 19.7. The van der Waals surface area contributed by atoms with Crippen LogP contribution in [0.1, 0.15) is 27.7 Å². The number of rotatable bonds is 5. The number of amides is 1. The van der Waals surface area contributed by atoms with Crippen LogP contribution in [-0.2, 0) is 4.79 Å². The van der Waals surface area contributed by atoms with Crippen LogP contribution in [0, 0.1) is 0 Å². The van der Waals surface area contributed by atoms with E-state index in [1.165, 1.54) is 11.8 Å². The van der Waals surface area contributed by atoms with E-state index in [-0.39, 0.29) is 17.4 Å². The van der Waals surface area contributed by atoms with Crippen LogP contribution in [0.25, 0.3) is 17.2 Å². The predicted molar refractivity (Wildman–Crippen MR) is 108 cm³/mol. The zero-order valence-corrected chi connectivity index (χ0v) is 15.5. The molecule has 140 valence electrons. The number of benzene rings is 2. The topological polar surface area (TPSA) is 92.4 Å². The molecule has 0 bridgehead atoms. The molecule has 2 aromatic carbocycles. The molecule has 0 aliphatic carbocycles. The van der Waals surface area contributed by atoms with Crippen molar-refractivity contribution in [1.82, 2.24) is 10.3 Å². The molecule has 1 amide bonds. The largest absolute Gasteiger partial charge is 0.478 e. The average Bonchev–Trinajstić information content (AvgIpc) is 3.32. The Balaban J connectivity index is 1.62. The predicted octanol–water partition coefficient (Wildman–Crippen LogP) is 4.03. The van der Waals surface area contributed by atoms with E-state index in [0.717, 1.165) is 11.1 Å². The quantitative estimate of drug-likeness (QED) is 0.681. The van der Waals surface area contributed by atoms with Crippen molar-refractivity contribution in [1.29, 1.82) is 0 Å². The van der Waals surface area contributed by atoms with Gasteiger partial charge in [0.05, 0.1) is 10.6 Å². The first-order chi connectivity index (χ1) is 13.6. The third-order valence-electron chi connectivity index (χ3n) is 4.51. The number of carboxylic acid groups (broad SMARTS) is 1. The number of para-hydroxylation sites is 2. The molecule has 1 atom stereocenters. The Kier molecular flexibility index (Phi) is 4.75. The summed E-state index contributed by atoms with van der Waals surface area (Å²) in [5.74, 6) is -1.52. The van der Waals surface area contributed by atoms with E-state index >= 15 is 0 Å². The molecule has 1 aromatic heterocycles. The summed E-state index contributed by atoms with van der Waals surface area (Å²) in [4.78, 5) is 28.6. The van der Waals surface area contributed by atoms with Crippen LogP contribution in [0.2, 0.25) is 0 Å². The third-order valence-corrected chi connectivity index (χ3v) is 5.62. The summed E-state index contributed by atoms with van der Waals surface area (Å²) in [6, 6.07) is 14.6. The van der Waals surface area contributed by atoms with Crippen LogP contribution in [-0.4, -0.2) is 27.7 Å². The number of thioether (sulfide) groups is 1. The molecule has 1 aliphatic heterocycles. The normalized spacial score (nSPS) is 16.4. The van der Waals surface area contributed by atoms with Crippen LogP contribution < -0.4 is 5.32 Å². The molecule has 1 aliphatic rings. The van der Waals surface area contributed by atoms with Crippen molar-refractivity contribution in [3.8, 4) is 0 Å². The number of carbonyl (C=O) groups excluding carboxylic acids is 1. The maximum atomic E-state index is 12.5.